The van der Waals surface area contributed by atoms with Crippen LogP contribution in [0.4, 0.5) is 5.69 Å². The molecule has 4 rings (SSSR count). The molecule has 0 spiro atoms. The predicted octanol–water partition coefficient (Wildman–Crippen LogP) is 3.89. The van der Waals surface area contributed by atoms with Gasteiger partial charge >= 0.3 is 0 Å². The maximum Gasteiger partial charge on any atom is 0.103 e. The number of aromatic nitrogens is 2. The second kappa shape index (κ2) is 4.62. The molecular formula is C16H12ClN3. The third-order valence-corrected chi connectivity index (χ3v) is 3.57. The van der Waals surface area contributed by atoms with Gasteiger partial charge in [-0.2, -0.15) is 5.10 Å². The van der Waals surface area contributed by atoms with Crippen LogP contribution in [0.5, 0.6) is 0 Å². The van der Waals surface area contributed by atoms with Crippen LogP contribution in [0.25, 0.3) is 32.8 Å². The largest absolute Gasteiger partial charge is 0.398 e. The summed E-state index contributed by atoms with van der Waals surface area (Å²) in [5.74, 6) is 0. The molecule has 2 aliphatic rings. The topological polar surface area (TPSA) is 51.8 Å². The van der Waals surface area contributed by atoms with E-state index < -0.39 is 0 Å². The zero-order chi connectivity index (χ0) is 12.8. The molecule has 4 heteroatoms. The van der Waals surface area contributed by atoms with Crippen molar-refractivity contribution in [1.29, 1.82) is 0 Å². The van der Waals surface area contributed by atoms with Gasteiger partial charge in [0, 0.05) is 22.2 Å². The highest BCUT2D eigenvalue weighted by molar-refractivity contribution is 6.11. The van der Waals surface area contributed by atoms with E-state index in [1.807, 2.05) is 18.2 Å². The van der Waals surface area contributed by atoms with Crippen LogP contribution in [0.3, 0.4) is 0 Å². The molecule has 0 atom stereocenters. The van der Waals surface area contributed by atoms with Gasteiger partial charge in [-0.1, -0.05) is 36.4 Å². The van der Waals surface area contributed by atoms with E-state index in [1.54, 1.807) is 6.20 Å². The fraction of sp³-hybridized carbons (Fsp3) is 0. The van der Waals surface area contributed by atoms with Crippen molar-refractivity contribution in [3.63, 3.8) is 0 Å². The second-order valence-corrected chi connectivity index (χ2v) is 4.64. The van der Waals surface area contributed by atoms with E-state index >= 15 is 0 Å². The molecule has 3 nitrogen and oxygen atoms in total. The Labute approximate surface area is 122 Å². The minimum absolute atomic E-state index is 0. The lowest BCUT2D eigenvalue weighted by molar-refractivity contribution is 1.08. The van der Waals surface area contributed by atoms with Gasteiger partial charge in [0.25, 0.3) is 0 Å². The van der Waals surface area contributed by atoms with Crippen molar-refractivity contribution < 1.29 is 0 Å². The van der Waals surface area contributed by atoms with Crippen molar-refractivity contribution in [3.05, 3.63) is 54.7 Å². The van der Waals surface area contributed by atoms with Gasteiger partial charge in [-0.15, -0.1) is 17.5 Å². The number of hydrogen-bond acceptors (Lipinski definition) is 3. The number of fused-ring (bicyclic) bond motifs is 4. The molecule has 1 aromatic carbocycles. The number of anilines is 1. The fourth-order valence-electron chi connectivity index (χ4n) is 2.61. The van der Waals surface area contributed by atoms with E-state index in [1.165, 1.54) is 10.8 Å². The van der Waals surface area contributed by atoms with E-state index in [0.29, 0.717) is 0 Å². The lowest BCUT2D eigenvalue weighted by atomic mass is 10.1. The van der Waals surface area contributed by atoms with Gasteiger partial charge in [0.15, 0.2) is 0 Å². The first kappa shape index (κ1) is 12.6. The number of hydrogen-bond donors (Lipinski definition) is 1. The summed E-state index contributed by atoms with van der Waals surface area (Å²) < 4.78 is 0. The summed E-state index contributed by atoms with van der Waals surface area (Å²) in [7, 11) is 0. The Bertz CT molecular complexity index is 889. The van der Waals surface area contributed by atoms with E-state index in [9.17, 15) is 0 Å². The van der Waals surface area contributed by atoms with Gasteiger partial charge in [-0.3, -0.25) is 0 Å². The minimum Gasteiger partial charge on any atom is -0.398 e. The van der Waals surface area contributed by atoms with Crippen LogP contribution in [-0.4, -0.2) is 10.2 Å². The van der Waals surface area contributed by atoms with Crippen LogP contribution in [0.1, 0.15) is 0 Å². The second-order valence-electron chi connectivity index (χ2n) is 4.64. The molecule has 2 aromatic rings. The number of halogens is 1. The highest BCUT2D eigenvalue weighted by Crippen LogP contribution is 2.40. The Hall–Kier alpha value is -2.39. The molecule has 2 aliphatic carbocycles. The van der Waals surface area contributed by atoms with E-state index in [4.69, 9.17) is 5.73 Å². The summed E-state index contributed by atoms with van der Waals surface area (Å²) >= 11 is 0. The third-order valence-electron chi connectivity index (χ3n) is 3.57. The molecule has 20 heavy (non-hydrogen) atoms. The molecule has 0 aliphatic heterocycles. The number of nitrogens with zero attached hydrogens (tertiary/aromatic N) is 2. The van der Waals surface area contributed by atoms with Gasteiger partial charge in [-0.05, 0) is 22.9 Å². The summed E-state index contributed by atoms with van der Waals surface area (Å²) in [6, 6.07) is 16.5. The maximum atomic E-state index is 6.25. The Morgan fingerprint density at radius 1 is 0.850 bits per heavy atom. The van der Waals surface area contributed by atoms with Crippen molar-refractivity contribution >= 4 is 39.8 Å². The van der Waals surface area contributed by atoms with Gasteiger partial charge in [0.2, 0.25) is 0 Å². The van der Waals surface area contributed by atoms with Crippen molar-refractivity contribution in [3.8, 4) is 11.1 Å². The SMILES string of the molecule is Cl.Nc1c2cc3ccccc3ccc-2c2nnccc12. The average molecular weight is 282 g/mol. The van der Waals surface area contributed by atoms with Crippen molar-refractivity contribution in [2.45, 2.75) is 0 Å². The highest BCUT2D eigenvalue weighted by atomic mass is 35.5. The molecule has 0 fully saturated rings. The summed E-state index contributed by atoms with van der Waals surface area (Å²) in [4.78, 5) is 0. The van der Waals surface area contributed by atoms with Crippen LogP contribution >= 0.6 is 12.4 Å². The fourth-order valence-corrected chi connectivity index (χ4v) is 2.61. The lowest BCUT2D eigenvalue weighted by Crippen LogP contribution is -1.83. The standard InChI is InChI=1S/C16H11N3.ClH/c17-15-13-7-8-18-19-16(13)12-6-5-10-3-1-2-4-11(10)9-14(12)15;/h1-9H,17H2;1H. The molecule has 0 unspecified atom stereocenters. The Morgan fingerprint density at radius 2 is 1.65 bits per heavy atom. The normalized spacial score (nSPS) is 10.8. The van der Waals surface area contributed by atoms with Crippen molar-refractivity contribution in [1.82, 2.24) is 10.2 Å². The lowest BCUT2D eigenvalue weighted by Gasteiger charge is -1.94. The zero-order valence-corrected chi connectivity index (χ0v) is 11.4. The molecule has 1 aromatic heterocycles. The monoisotopic (exact) mass is 281 g/mol. The molecule has 0 bridgehead atoms. The predicted molar refractivity (Wildman–Crippen MR) is 85.3 cm³/mol. The molecule has 98 valence electrons. The van der Waals surface area contributed by atoms with E-state index in [0.717, 1.165) is 27.7 Å². The summed E-state index contributed by atoms with van der Waals surface area (Å²) in [5, 5.41) is 11.5. The molecular weight excluding hydrogens is 270 g/mol. The van der Waals surface area contributed by atoms with Crippen LogP contribution < -0.4 is 5.73 Å². The van der Waals surface area contributed by atoms with Gasteiger partial charge in [0.05, 0.1) is 6.20 Å². The van der Waals surface area contributed by atoms with Crippen LogP contribution in [0.2, 0.25) is 0 Å². The summed E-state index contributed by atoms with van der Waals surface area (Å²) in [6.07, 6.45) is 1.68. The highest BCUT2D eigenvalue weighted by Gasteiger charge is 2.16. The Balaban J connectivity index is 0.00000121. The maximum absolute atomic E-state index is 6.25. The number of benzene rings is 1. The summed E-state index contributed by atoms with van der Waals surface area (Å²) in [5.41, 5.74) is 9.99. The van der Waals surface area contributed by atoms with Crippen molar-refractivity contribution in [2.24, 2.45) is 0 Å². The molecule has 0 saturated heterocycles. The summed E-state index contributed by atoms with van der Waals surface area (Å²) in [6.45, 7) is 0. The molecule has 0 radical (unpaired) electrons. The first-order valence-electron chi connectivity index (χ1n) is 6.16. The number of nitrogens with two attached hydrogens (primary N) is 1. The Kier molecular flexibility index (Phi) is 2.92. The smallest absolute Gasteiger partial charge is 0.103 e. The molecule has 0 saturated carbocycles. The molecule has 0 amide bonds. The number of nitrogen functional groups attached to an aromatic ring is 1. The first-order valence-corrected chi connectivity index (χ1v) is 6.16. The minimum atomic E-state index is 0. The number of rotatable bonds is 0. The van der Waals surface area contributed by atoms with Crippen molar-refractivity contribution in [2.75, 3.05) is 5.73 Å². The average Bonchev–Trinajstić information content (AvgIpc) is 2.63. The zero-order valence-electron chi connectivity index (χ0n) is 10.6. The molecule has 2 N–H and O–H groups in total. The van der Waals surface area contributed by atoms with Gasteiger partial charge < -0.3 is 5.73 Å². The van der Waals surface area contributed by atoms with Crippen LogP contribution in [0, 0.1) is 0 Å². The quantitative estimate of drug-likeness (QED) is 0.532. The van der Waals surface area contributed by atoms with Gasteiger partial charge in [0.1, 0.15) is 5.52 Å². The first-order chi connectivity index (χ1) is 9.34. The Morgan fingerprint density at radius 3 is 2.50 bits per heavy atom. The molecule has 1 heterocycles. The van der Waals surface area contributed by atoms with Gasteiger partial charge in [-0.25, -0.2) is 0 Å². The van der Waals surface area contributed by atoms with E-state index in [-0.39, 0.29) is 12.4 Å². The van der Waals surface area contributed by atoms with E-state index in [2.05, 4.69) is 40.5 Å². The third kappa shape index (κ3) is 1.67. The van der Waals surface area contributed by atoms with Crippen LogP contribution in [-0.2, 0) is 0 Å². The van der Waals surface area contributed by atoms with Crippen LogP contribution in [0.15, 0.2) is 54.7 Å².